The molecule has 0 saturated heterocycles. The van der Waals surface area contributed by atoms with Gasteiger partial charge in [0.25, 0.3) is 0 Å². The second-order valence-corrected chi connectivity index (χ2v) is 10.3. The normalized spacial score (nSPS) is 11.8. The Balaban J connectivity index is 1.12. The molecule has 7 aromatic rings. The molecule has 0 aliphatic carbocycles. The Morgan fingerprint density at radius 1 is 0.535 bits per heavy atom. The van der Waals surface area contributed by atoms with E-state index in [0.717, 1.165) is 66.9 Å². The number of methoxy groups -OCH3 is 1. The van der Waals surface area contributed by atoms with E-state index in [4.69, 9.17) is 23.5 Å². The Morgan fingerprint density at radius 3 is 1.56 bits per heavy atom. The molecule has 7 rings (SSSR count). The van der Waals surface area contributed by atoms with Crippen LogP contribution in [0, 0.1) is 6.92 Å². The second kappa shape index (κ2) is 11.3. The van der Waals surface area contributed by atoms with E-state index in [0.29, 0.717) is 11.8 Å². The third-order valence-electron chi connectivity index (χ3n) is 7.45. The van der Waals surface area contributed by atoms with Crippen LogP contribution >= 0.6 is 0 Å². The summed E-state index contributed by atoms with van der Waals surface area (Å²) in [5, 5.41) is 0. The molecule has 0 N–H and O–H groups in total. The van der Waals surface area contributed by atoms with Crippen LogP contribution in [0.15, 0.2) is 118 Å². The zero-order valence-corrected chi connectivity index (χ0v) is 23.8. The van der Waals surface area contributed by atoms with Crippen LogP contribution in [0.2, 0.25) is 0 Å². The predicted molar refractivity (Wildman–Crippen MR) is 174 cm³/mol. The average Bonchev–Trinajstić information content (AvgIpc) is 3.66. The first-order valence-corrected chi connectivity index (χ1v) is 14.1. The third kappa shape index (κ3) is 5.48. The lowest BCUT2D eigenvalue weighted by Crippen LogP contribution is -1.91. The lowest BCUT2D eigenvalue weighted by molar-refractivity contribution is 0.413. The fourth-order valence-corrected chi connectivity index (χ4v) is 5.19. The van der Waals surface area contributed by atoms with Crippen molar-refractivity contribution in [2.75, 3.05) is 7.11 Å². The Hall–Kier alpha value is -5.68. The van der Waals surface area contributed by atoms with Crippen LogP contribution in [0.1, 0.15) is 28.5 Å². The molecule has 0 saturated carbocycles. The van der Waals surface area contributed by atoms with Crippen LogP contribution in [-0.2, 0) is 0 Å². The first-order chi connectivity index (χ1) is 21.1. The fraction of sp³-hybridized carbons (Fsp3) is 0.0526. The minimum absolute atomic E-state index is 0.537. The van der Waals surface area contributed by atoms with Gasteiger partial charge in [-0.3, -0.25) is 0 Å². The number of aromatic nitrogens is 2. The molecule has 0 radical (unpaired) electrons. The second-order valence-electron chi connectivity index (χ2n) is 10.3. The summed E-state index contributed by atoms with van der Waals surface area (Å²) in [4.78, 5) is 9.38. The average molecular weight is 561 g/mol. The van der Waals surface area contributed by atoms with Gasteiger partial charge < -0.3 is 13.6 Å². The van der Waals surface area contributed by atoms with Gasteiger partial charge in [0.1, 0.15) is 16.8 Å². The summed E-state index contributed by atoms with van der Waals surface area (Å²) < 4.78 is 17.7. The van der Waals surface area contributed by atoms with Crippen LogP contribution in [0.25, 0.3) is 68.8 Å². The van der Waals surface area contributed by atoms with Crippen LogP contribution in [-0.4, -0.2) is 17.1 Å². The maximum atomic E-state index is 5.99. The minimum Gasteiger partial charge on any atom is -0.496 e. The largest absolute Gasteiger partial charge is 0.496 e. The SMILES string of the molecule is COc1cc(/C=C/c2nc3cc(-c4ccccc4)ccc3o2)c(C)cc1/C=C/c1nc2cc(-c3ccccc3)ccc2o1. The molecule has 5 heteroatoms. The topological polar surface area (TPSA) is 61.3 Å². The number of hydrogen-bond acceptors (Lipinski definition) is 5. The molecule has 43 heavy (non-hydrogen) atoms. The van der Waals surface area contributed by atoms with Gasteiger partial charge in [-0.25, -0.2) is 9.97 Å². The van der Waals surface area contributed by atoms with Crippen molar-refractivity contribution in [3.63, 3.8) is 0 Å². The smallest absolute Gasteiger partial charge is 0.220 e. The van der Waals surface area contributed by atoms with Crippen molar-refractivity contribution >= 4 is 46.5 Å². The number of rotatable bonds is 7. The quantitative estimate of drug-likeness (QED) is 0.194. The van der Waals surface area contributed by atoms with Crippen LogP contribution < -0.4 is 4.74 Å². The monoisotopic (exact) mass is 560 g/mol. The Morgan fingerprint density at radius 2 is 1.05 bits per heavy atom. The van der Waals surface area contributed by atoms with E-state index in [9.17, 15) is 0 Å². The maximum absolute atomic E-state index is 5.99. The van der Waals surface area contributed by atoms with Gasteiger partial charge in [-0.1, -0.05) is 72.8 Å². The maximum Gasteiger partial charge on any atom is 0.220 e. The number of aryl methyl sites for hydroxylation is 1. The van der Waals surface area contributed by atoms with Crippen LogP contribution in [0.3, 0.4) is 0 Å². The summed E-state index contributed by atoms with van der Waals surface area (Å²) in [5.74, 6) is 1.83. The number of nitrogens with zero attached hydrogens (tertiary/aromatic N) is 2. The van der Waals surface area contributed by atoms with Crippen molar-refractivity contribution in [2.45, 2.75) is 6.92 Å². The fourth-order valence-electron chi connectivity index (χ4n) is 5.19. The van der Waals surface area contributed by atoms with Gasteiger partial charge in [0.2, 0.25) is 11.8 Å². The van der Waals surface area contributed by atoms with E-state index in [1.807, 2.05) is 78.9 Å². The van der Waals surface area contributed by atoms with E-state index in [2.05, 4.69) is 61.5 Å². The molecular weight excluding hydrogens is 532 g/mol. The summed E-state index contributed by atoms with van der Waals surface area (Å²) >= 11 is 0. The van der Waals surface area contributed by atoms with Gasteiger partial charge in [0, 0.05) is 17.7 Å². The van der Waals surface area contributed by atoms with Crippen molar-refractivity contribution in [2.24, 2.45) is 0 Å². The van der Waals surface area contributed by atoms with Gasteiger partial charge in [-0.05, 0) is 88.9 Å². The van der Waals surface area contributed by atoms with E-state index >= 15 is 0 Å². The Kier molecular flexibility index (Phi) is 6.89. The van der Waals surface area contributed by atoms with Gasteiger partial charge in [-0.15, -0.1) is 0 Å². The lowest BCUT2D eigenvalue weighted by atomic mass is 10.0. The summed E-state index contributed by atoms with van der Waals surface area (Å²) in [5.41, 5.74) is 10.7. The minimum atomic E-state index is 0.537. The highest BCUT2D eigenvalue weighted by Crippen LogP contribution is 2.30. The summed E-state index contributed by atoms with van der Waals surface area (Å²) in [7, 11) is 1.67. The van der Waals surface area contributed by atoms with Gasteiger partial charge >= 0.3 is 0 Å². The molecule has 0 aliphatic rings. The van der Waals surface area contributed by atoms with Crippen molar-refractivity contribution in [3.05, 3.63) is 138 Å². The first kappa shape index (κ1) is 26.2. The zero-order valence-electron chi connectivity index (χ0n) is 23.8. The molecular formula is C38H28N2O3. The molecule has 2 heterocycles. The van der Waals surface area contributed by atoms with Crippen LogP contribution in [0.4, 0.5) is 0 Å². The lowest BCUT2D eigenvalue weighted by Gasteiger charge is -2.09. The standard InChI is InChI=1S/C38H28N2O3/c1-25-21-31(16-20-38-40-33-23-30(14-18-35(33)43-38)27-11-7-4-8-12-27)36(41-2)24-28(25)15-19-37-39-32-22-29(13-17-34(32)42-37)26-9-5-3-6-10-26/h3-24H,1-2H3/b19-15+,20-16+. The number of fused-ring (bicyclic) bond motifs is 2. The van der Waals surface area contributed by atoms with E-state index in [1.54, 1.807) is 7.11 Å². The first-order valence-electron chi connectivity index (χ1n) is 14.1. The predicted octanol–water partition coefficient (Wildman–Crippen LogP) is 9.96. The van der Waals surface area contributed by atoms with Gasteiger partial charge in [-0.2, -0.15) is 0 Å². The summed E-state index contributed by atoms with van der Waals surface area (Å²) in [6, 6.07) is 36.8. The van der Waals surface area contributed by atoms with Crippen molar-refractivity contribution in [1.29, 1.82) is 0 Å². The number of benzene rings is 5. The van der Waals surface area contributed by atoms with Gasteiger partial charge in [0.15, 0.2) is 11.2 Å². The van der Waals surface area contributed by atoms with E-state index < -0.39 is 0 Å². The summed E-state index contributed by atoms with van der Waals surface area (Å²) in [6.07, 6.45) is 7.73. The number of hydrogen-bond donors (Lipinski definition) is 0. The van der Waals surface area contributed by atoms with Gasteiger partial charge in [0.05, 0.1) is 7.11 Å². The Labute approximate surface area is 249 Å². The van der Waals surface area contributed by atoms with E-state index in [1.165, 1.54) is 0 Å². The molecule has 5 nitrogen and oxygen atoms in total. The highest BCUT2D eigenvalue weighted by atomic mass is 16.5. The zero-order chi connectivity index (χ0) is 29.2. The van der Waals surface area contributed by atoms with Crippen molar-refractivity contribution in [1.82, 2.24) is 9.97 Å². The summed E-state index contributed by atoms with van der Waals surface area (Å²) in [6.45, 7) is 2.07. The molecule has 2 aromatic heterocycles. The molecule has 0 fully saturated rings. The molecule has 0 atom stereocenters. The van der Waals surface area contributed by atoms with Crippen molar-refractivity contribution < 1.29 is 13.6 Å². The third-order valence-corrected chi connectivity index (χ3v) is 7.45. The molecule has 0 unspecified atom stereocenters. The van der Waals surface area contributed by atoms with E-state index in [-0.39, 0.29) is 0 Å². The molecule has 5 aromatic carbocycles. The number of ether oxygens (including phenoxy) is 1. The molecule has 0 bridgehead atoms. The molecule has 0 spiro atoms. The molecule has 208 valence electrons. The van der Waals surface area contributed by atoms with Crippen LogP contribution in [0.5, 0.6) is 5.75 Å². The van der Waals surface area contributed by atoms with Crippen molar-refractivity contribution in [3.8, 4) is 28.0 Å². The highest BCUT2D eigenvalue weighted by molar-refractivity contribution is 5.84. The number of oxazole rings is 2. The highest BCUT2D eigenvalue weighted by Gasteiger charge is 2.10. The molecule has 0 aliphatic heterocycles. The Bertz CT molecular complexity index is 2120. The molecule has 0 amide bonds.